The number of rotatable bonds is 5. The largest absolute Gasteiger partial charge is 0.493 e. The van der Waals surface area contributed by atoms with Crippen LogP contribution in [0.2, 0.25) is 0 Å². The number of aryl methyl sites for hydroxylation is 2. The van der Waals surface area contributed by atoms with Crippen molar-refractivity contribution in [1.82, 2.24) is 4.98 Å². The molecule has 0 bridgehead atoms. The minimum atomic E-state index is -0.219. The molecule has 2 rings (SSSR count). The topological polar surface area (TPSA) is 60.5 Å². The van der Waals surface area contributed by atoms with E-state index in [2.05, 4.69) is 10.3 Å². The molecule has 0 fully saturated rings. The van der Waals surface area contributed by atoms with Gasteiger partial charge in [0, 0.05) is 11.0 Å². The third-order valence-corrected chi connectivity index (χ3v) is 4.08. The van der Waals surface area contributed by atoms with E-state index in [9.17, 15) is 4.79 Å². The van der Waals surface area contributed by atoms with Crippen LogP contribution in [0.15, 0.2) is 24.3 Å². The number of ether oxygens (including phenoxy) is 2. The highest BCUT2D eigenvalue weighted by atomic mass is 32.1. The van der Waals surface area contributed by atoms with E-state index < -0.39 is 0 Å². The predicted molar refractivity (Wildman–Crippen MR) is 88.8 cm³/mol. The molecule has 0 unspecified atom stereocenters. The van der Waals surface area contributed by atoms with E-state index in [-0.39, 0.29) is 5.91 Å². The zero-order chi connectivity index (χ0) is 16.1. The number of nitrogens with zero attached hydrogens (tertiary/aromatic N) is 1. The number of hydrogen-bond donors (Lipinski definition) is 1. The van der Waals surface area contributed by atoms with Crippen molar-refractivity contribution in [2.75, 3.05) is 19.5 Å². The summed E-state index contributed by atoms with van der Waals surface area (Å²) in [6.45, 7) is 3.89. The lowest BCUT2D eigenvalue weighted by Gasteiger charge is -2.07. The summed E-state index contributed by atoms with van der Waals surface area (Å²) in [7, 11) is 3.16. The Kier molecular flexibility index (Phi) is 5.16. The van der Waals surface area contributed by atoms with Crippen molar-refractivity contribution in [2.45, 2.75) is 13.8 Å². The van der Waals surface area contributed by atoms with E-state index in [0.29, 0.717) is 16.6 Å². The molecule has 0 spiro atoms. The highest BCUT2D eigenvalue weighted by molar-refractivity contribution is 7.15. The fraction of sp³-hybridized carbons (Fsp3) is 0.250. The first-order valence-electron chi connectivity index (χ1n) is 6.68. The maximum absolute atomic E-state index is 11.9. The number of thiazole rings is 1. The maximum Gasteiger partial charge on any atom is 0.250 e. The summed E-state index contributed by atoms with van der Waals surface area (Å²) in [4.78, 5) is 17.3. The van der Waals surface area contributed by atoms with Crippen molar-refractivity contribution in [3.8, 4) is 11.5 Å². The van der Waals surface area contributed by atoms with Crippen LogP contribution in [0.1, 0.15) is 16.1 Å². The van der Waals surface area contributed by atoms with Crippen molar-refractivity contribution in [3.63, 3.8) is 0 Å². The monoisotopic (exact) mass is 318 g/mol. The quantitative estimate of drug-likeness (QED) is 0.858. The fourth-order valence-electron chi connectivity index (χ4n) is 1.80. The Hall–Kier alpha value is -2.34. The van der Waals surface area contributed by atoms with Gasteiger partial charge in [-0.25, -0.2) is 4.98 Å². The smallest absolute Gasteiger partial charge is 0.250 e. The van der Waals surface area contributed by atoms with Crippen molar-refractivity contribution >= 4 is 28.5 Å². The maximum atomic E-state index is 11.9. The summed E-state index contributed by atoms with van der Waals surface area (Å²) in [5.74, 6) is 1.05. The molecule has 22 heavy (non-hydrogen) atoms. The molecule has 0 aliphatic carbocycles. The van der Waals surface area contributed by atoms with Gasteiger partial charge in [0.1, 0.15) is 0 Å². The third-order valence-electron chi connectivity index (χ3n) is 3.09. The van der Waals surface area contributed by atoms with Gasteiger partial charge in [-0.2, -0.15) is 0 Å². The second kappa shape index (κ2) is 7.09. The Balaban J connectivity index is 2.06. The molecule has 1 amide bonds. The van der Waals surface area contributed by atoms with Gasteiger partial charge < -0.3 is 9.47 Å². The van der Waals surface area contributed by atoms with E-state index in [0.717, 1.165) is 16.1 Å². The molecule has 0 aliphatic heterocycles. The molecule has 116 valence electrons. The molecule has 0 saturated carbocycles. The molecular weight excluding hydrogens is 300 g/mol. The average Bonchev–Trinajstić information content (AvgIpc) is 2.82. The molecule has 0 saturated heterocycles. The van der Waals surface area contributed by atoms with Gasteiger partial charge in [0.25, 0.3) is 0 Å². The Bertz CT molecular complexity index is 688. The number of nitrogens with one attached hydrogen (secondary N) is 1. The van der Waals surface area contributed by atoms with Crippen molar-refractivity contribution in [3.05, 3.63) is 40.4 Å². The molecule has 1 heterocycles. The van der Waals surface area contributed by atoms with E-state index >= 15 is 0 Å². The summed E-state index contributed by atoms with van der Waals surface area (Å²) < 4.78 is 10.4. The van der Waals surface area contributed by atoms with Crippen molar-refractivity contribution < 1.29 is 14.3 Å². The van der Waals surface area contributed by atoms with Crippen LogP contribution < -0.4 is 14.8 Å². The van der Waals surface area contributed by atoms with Gasteiger partial charge in [0.15, 0.2) is 16.6 Å². The highest BCUT2D eigenvalue weighted by Crippen LogP contribution is 2.28. The van der Waals surface area contributed by atoms with E-state index in [1.807, 2.05) is 19.9 Å². The van der Waals surface area contributed by atoms with Gasteiger partial charge in [-0.05, 0) is 37.6 Å². The number of amides is 1. The van der Waals surface area contributed by atoms with Gasteiger partial charge >= 0.3 is 0 Å². The van der Waals surface area contributed by atoms with E-state index in [1.165, 1.54) is 17.4 Å². The summed E-state index contributed by atoms with van der Waals surface area (Å²) in [6, 6.07) is 5.45. The average molecular weight is 318 g/mol. The zero-order valence-corrected chi connectivity index (χ0v) is 13.8. The number of carbonyl (C=O) groups is 1. The lowest BCUT2D eigenvalue weighted by atomic mass is 10.2. The van der Waals surface area contributed by atoms with Crippen LogP contribution in [0.3, 0.4) is 0 Å². The number of aromatic nitrogens is 1. The molecule has 6 heteroatoms. The SMILES string of the molecule is COc1ccc(C=CC(=O)Nc2nc(C)c(C)s2)cc1OC. The van der Waals surface area contributed by atoms with Gasteiger partial charge in [-0.3, -0.25) is 10.1 Å². The number of anilines is 1. The minimum Gasteiger partial charge on any atom is -0.493 e. The Labute approximate surface area is 133 Å². The number of methoxy groups -OCH3 is 2. The van der Waals surface area contributed by atoms with E-state index in [4.69, 9.17) is 9.47 Å². The number of hydrogen-bond acceptors (Lipinski definition) is 5. The molecule has 0 radical (unpaired) electrons. The van der Waals surface area contributed by atoms with Crippen LogP contribution in [0.4, 0.5) is 5.13 Å². The molecule has 2 aromatic rings. The molecule has 1 N–H and O–H groups in total. The minimum absolute atomic E-state index is 0.219. The second-order valence-corrected chi connectivity index (χ2v) is 5.80. The predicted octanol–water partition coefficient (Wildman–Crippen LogP) is 3.43. The normalized spacial score (nSPS) is 10.7. The molecule has 5 nitrogen and oxygen atoms in total. The zero-order valence-electron chi connectivity index (χ0n) is 13.0. The van der Waals surface area contributed by atoms with Crippen molar-refractivity contribution in [2.24, 2.45) is 0 Å². The summed E-state index contributed by atoms with van der Waals surface area (Å²) in [5, 5.41) is 3.36. The van der Waals surface area contributed by atoms with Gasteiger partial charge in [-0.15, -0.1) is 11.3 Å². The van der Waals surface area contributed by atoms with Crippen LogP contribution in [-0.2, 0) is 4.79 Å². The summed E-state index contributed by atoms with van der Waals surface area (Å²) >= 11 is 1.46. The molecular formula is C16H18N2O3S. The van der Waals surface area contributed by atoms with Gasteiger partial charge in [0.05, 0.1) is 19.9 Å². The van der Waals surface area contributed by atoms with Crippen LogP contribution >= 0.6 is 11.3 Å². The van der Waals surface area contributed by atoms with Crippen LogP contribution in [0.25, 0.3) is 6.08 Å². The first kappa shape index (κ1) is 16.0. The van der Waals surface area contributed by atoms with Crippen LogP contribution in [-0.4, -0.2) is 25.1 Å². The standard InChI is InChI=1S/C16H18N2O3S/c1-10-11(2)22-16(17-10)18-15(19)8-6-12-5-7-13(20-3)14(9-12)21-4/h5-9H,1-4H3,(H,17,18,19). The van der Waals surface area contributed by atoms with Gasteiger partial charge in [0.2, 0.25) is 5.91 Å². The first-order valence-corrected chi connectivity index (χ1v) is 7.50. The third kappa shape index (κ3) is 3.85. The lowest BCUT2D eigenvalue weighted by molar-refractivity contribution is -0.111. The number of carbonyl (C=O) groups excluding carboxylic acids is 1. The Morgan fingerprint density at radius 2 is 1.95 bits per heavy atom. The molecule has 1 aromatic carbocycles. The van der Waals surface area contributed by atoms with Crippen molar-refractivity contribution in [1.29, 1.82) is 0 Å². The molecule has 0 aliphatic rings. The second-order valence-electron chi connectivity index (χ2n) is 4.60. The Morgan fingerprint density at radius 3 is 2.55 bits per heavy atom. The Morgan fingerprint density at radius 1 is 1.23 bits per heavy atom. The fourth-order valence-corrected chi connectivity index (χ4v) is 2.62. The van der Waals surface area contributed by atoms with Gasteiger partial charge in [-0.1, -0.05) is 6.07 Å². The van der Waals surface area contributed by atoms with Crippen LogP contribution in [0, 0.1) is 13.8 Å². The molecule has 1 aromatic heterocycles. The summed E-state index contributed by atoms with van der Waals surface area (Å²) in [5.41, 5.74) is 1.78. The molecule has 0 atom stereocenters. The lowest BCUT2D eigenvalue weighted by Crippen LogP contribution is -2.07. The number of benzene rings is 1. The first-order chi connectivity index (χ1) is 10.5. The van der Waals surface area contributed by atoms with E-state index in [1.54, 1.807) is 32.4 Å². The van der Waals surface area contributed by atoms with Crippen LogP contribution in [0.5, 0.6) is 11.5 Å². The highest BCUT2D eigenvalue weighted by Gasteiger charge is 2.06. The summed E-state index contributed by atoms with van der Waals surface area (Å²) in [6.07, 6.45) is 3.18.